The highest BCUT2D eigenvalue weighted by Gasteiger charge is 1.88. The zero-order valence-corrected chi connectivity index (χ0v) is 10.8. The summed E-state index contributed by atoms with van der Waals surface area (Å²) >= 11 is 5.82. The molecule has 0 atom stereocenters. The molecular weight excluding hydrogens is 216 g/mol. The molecule has 0 radical (unpaired) electrons. The van der Waals surface area contributed by atoms with Crippen molar-refractivity contribution >= 4 is 17.7 Å². The Morgan fingerprint density at radius 1 is 1.00 bits per heavy atom. The minimum Gasteiger partial charge on any atom is -0.0843 e. The monoisotopic (exact) mass is 236 g/mol. The van der Waals surface area contributed by atoms with Crippen molar-refractivity contribution < 1.29 is 0 Å². The van der Waals surface area contributed by atoms with Gasteiger partial charge in [-0.15, -0.1) is 0 Å². The van der Waals surface area contributed by atoms with E-state index in [1.54, 1.807) is 0 Å². The number of benzene rings is 1. The molecular formula is C15H21Cl. The van der Waals surface area contributed by atoms with E-state index in [4.69, 9.17) is 11.6 Å². The van der Waals surface area contributed by atoms with Gasteiger partial charge in [-0.05, 0) is 30.5 Å². The second-order valence-electron chi connectivity index (χ2n) is 4.16. The first-order chi connectivity index (χ1) is 7.83. The van der Waals surface area contributed by atoms with Crippen LogP contribution in [0, 0.1) is 0 Å². The second kappa shape index (κ2) is 8.41. The van der Waals surface area contributed by atoms with Gasteiger partial charge in [0.15, 0.2) is 0 Å². The van der Waals surface area contributed by atoms with E-state index in [1.165, 1.54) is 44.1 Å². The van der Waals surface area contributed by atoms with Gasteiger partial charge >= 0.3 is 0 Å². The van der Waals surface area contributed by atoms with E-state index >= 15 is 0 Å². The molecule has 0 bridgehead atoms. The summed E-state index contributed by atoms with van der Waals surface area (Å²) in [4.78, 5) is 0. The number of hydrogen-bond donors (Lipinski definition) is 0. The van der Waals surface area contributed by atoms with Crippen LogP contribution in [0.15, 0.2) is 30.3 Å². The molecule has 0 nitrogen and oxygen atoms in total. The number of halogens is 1. The molecule has 0 fully saturated rings. The lowest BCUT2D eigenvalue weighted by Gasteiger charge is -1.96. The summed E-state index contributed by atoms with van der Waals surface area (Å²) in [6, 6.07) is 7.97. The van der Waals surface area contributed by atoms with Crippen LogP contribution in [0.5, 0.6) is 0 Å². The third-order valence-corrected chi connectivity index (χ3v) is 2.91. The van der Waals surface area contributed by atoms with Crippen molar-refractivity contribution in [3.8, 4) is 0 Å². The van der Waals surface area contributed by atoms with Gasteiger partial charge in [-0.1, -0.05) is 68.5 Å². The quantitative estimate of drug-likeness (QED) is 0.532. The SMILES string of the molecule is CCCCCCC/C=C/c1ccc(Cl)cc1. The lowest BCUT2D eigenvalue weighted by Crippen LogP contribution is -1.76. The van der Waals surface area contributed by atoms with Gasteiger partial charge in [-0.3, -0.25) is 0 Å². The molecule has 0 aromatic heterocycles. The highest BCUT2D eigenvalue weighted by molar-refractivity contribution is 6.30. The van der Waals surface area contributed by atoms with Crippen LogP contribution >= 0.6 is 11.6 Å². The molecule has 88 valence electrons. The minimum absolute atomic E-state index is 0.803. The maximum absolute atomic E-state index is 5.82. The maximum Gasteiger partial charge on any atom is 0.0406 e. The van der Waals surface area contributed by atoms with Crippen LogP contribution in [-0.2, 0) is 0 Å². The van der Waals surface area contributed by atoms with Crippen LogP contribution in [0.4, 0.5) is 0 Å². The van der Waals surface area contributed by atoms with Crippen LogP contribution in [0.1, 0.15) is 51.0 Å². The van der Waals surface area contributed by atoms with Crippen molar-refractivity contribution in [1.29, 1.82) is 0 Å². The van der Waals surface area contributed by atoms with E-state index in [2.05, 4.69) is 31.2 Å². The lowest BCUT2D eigenvalue weighted by molar-refractivity contribution is 0.638. The third-order valence-electron chi connectivity index (χ3n) is 2.65. The number of unbranched alkanes of at least 4 members (excludes halogenated alkanes) is 5. The van der Waals surface area contributed by atoms with E-state index < -0.39 is 0 Å². The van der Waals surface area contributed by atoms with Gasteiger partial charge in [-0.25, -0.2) is 0 Å². The number of rotatable bonds is 7. The Balaban J connectivity index is 2.14. The molecule has 0 amide bonds. The molecule has 0 spiro atoms. The molecule has 1 aromatic rings. The first-order valence-corrected chi connectivity index (χ1v) is 6.63. The Morgan fingerprint density at radius 2 is 1.69 bits per heavy atom. The van der Waals surface area contributed by atoms with Crippen LogP contribution < -0.4 is 0 Å². The standard InChI is InChI=1S/C15H21Cl/c1-2-3-4-5-6-7-8-9-14-10-12-15(16)13-11-14/h8-13H,2-7H2,1H3/b9-8+. The van der Waals surface area contributed by atoms with E-state index in [0.717, 1.165) is 5.02 Å². The molecule has 0 N–H and O–H groups in total. The number of allylic oxidation sites excluding steroid dienone is 1. The summed E-state index contributed by atoms with van der Waals surface area (Å²) in [5, 5.41) is 0.803. The first-order valence-electron chi connectivity index (χ1n) is 6.25. The van der Waals surface area contributed by atoms with Gasteiger partial charge in [-0.2, -0.15) is 0 Å². The van der Waals surface area contributed by atoms with Crippen molar-refractivity contribution in [2.24, 2.45) is 0 Å². The van der Waals surface area contributed by atoms with Gasteiger partial charge < -0.3 is 0 Å². The molecule has 16 heavy (non-hydrogen) atoms. The minimum atomic E-state index is 0.803. The molecule has 1 rings (SSSR count). The fourth-order valence-corrected chi connectivity index (χ4v) is 1.79. The fraction of sp³-hybridized carbons (Fsp3) is 0.467. The maximum atomic E-state index is 5.82. The van der Waals surface area contributed by atoms with Crippen LogP contribution in [-0.4, -0.2) is 0 Å². The summed E-state index contributed by atoms with van der Waals surface area (Å²) in [5.74, 6) is 0. The highest BCUT2D eigenvalue weighted by atomic mass is 35.5. The number of hydrogen-bond acceptors (Lipinski definition) is 0. The largest absolute Gasteiger partial charge is 0.0843 e. The fourth-order valence-electron chi connectivity index (χ4n) is 1.66. The summed E-state index contributed by atoms with van der Waals surface area (Å²) in [6.45, 7) is 2.25. The average Bonchev–Trinajstić information content (AvgIpc) is 2.30. The predicted octanol–water partition coefficient (Wildman–Crippen LogP) is 5.71. The Morgan fingerprint density at radius 3 is 2.38 bits per heavy atom. The smallest absolute Gasteiger partial charge is 0.0406 e. The van der Waals surface area contributed by atoms with Crippen LogP contribution in [0.3, 0.4) is 0 Å². The van der Waals surface area contributed by atoms with Gasteiger partial charge in [0.2, 0.25) is 0 Å². The van der Waals surface area contributed by atoms with Crippen molar-refractivity contribution in [2.45, 2.75) is 45.4 Å². The molecule has 0 heterocycles. The van der Waals surface area contributed by atoms with Gasteiger partial charge in [0, 0.05) is 5.02 Å². The van der Waals surface area contributed by atoms with E-state index in [0.29, 0.717) is 0 Å². The van der Waals surface area contributed by atoms with Gasteiger partial charge in [0.1, 0.15) is 0 Å². The Hall–Kier alpha value is -0.750. The van der Waals surface area contributed by atoms with Crippen LogP contribution in [0.25, 0.3) is 6.08 Å². The van der Waals surface area contributed by atoms with Crippen molar-refractivity contribution in [2.75, 3.05) is 0 Å². The Labute approximate surface area is 104 Å². The van der Waals surface area contributed by atoms with Gasteiger partial charge in [0.05, 0.1) is 0 Å². The van der Waals surface area contributed by atoms with E-state index in [1.807, 2.05) is 12.1 Å². The van der Waals surface area contributed by atoms with Crippen molar-refractivity contribution in [3.63, 3.8) is 0 Å². The molecule has 0 aliphatic carbocycles. The summed E-state index contributed by atoms with van der Waals surface area (Å²) in [6.07, 6.45) is 12.4. The van der Waals surface area contributed by atoms with E-state index in [-0.39, 0.29) is 0 Å². The molecule has 0 unspecified atom stereocenters. The Bertz CT molecular complexity index is 298. The highest BCUT2D eigenvalue weighted by Crippen LogP contribution is 2.11. The molecule has 1 aromatic carbocycles. The zero-order valence-electron chi connectivity index (χ0n) is 10.1. The first kappa shape index (κ1) is 13.3. The normalized spacial score (nSPS) is 11.1. The van der Waals surface area contributed by atoms with Crippen molar-refractivity contribution in [1.82, 2.24) is 0 Å². The molecule has 0 saturated heterocycles. The molecule has 1 heteroatoms. The molecule has 0 aliphatic heterocycles. The summed E-state index contributed by atoms with van der Waals surface area (Å²) in [7, 11) is 0. The lowest BCUT2D eigenvalue weighted by atomic mass is 10.1. The average molecular weight is 237 g/mol. The molecule has 0 aliphatic rings. The molecule has 0 saturated carbocycles. The second-order valence-corrected chi connectivity index (χ2v) is 4.59. The zero-order chi connectivity index (χ0) is 11.6. The van der Waals surface area contributed by atoms with Crippen molar-refractivity contribution in [3.05, 3.63) is 40.9 Å². The van der Waals surface area contributed by atoms with Crippen LogP contribution in [0.2, 0.25) is 5.02 Å². The third kappa shape index (κ3) is 5.97. The van der Waals surface area contributed by atoms with E-state index in [9.17, 15) is 0 Å². The predicted molar refractivity (Wildman–Crippen MR) is 73.9 cm³/mol. The summed E-state index contributed by atoms with van der Waals surface area (Å²) in [5.41, 5.74) is 1.23. The Kier molecular flexibility index (Phi) is 7.00. The van der Waals surface area contributed by atoms with Gasteiger partial charge in [0.25, 0.3) is 0 Å². The summed E-state index contributed by atoms with van der Waals surface area (Å²) < 4.78 is 0. The topological polar surface area (TPSA) is 0 Å².